The zero-order chi connectivity index (χ0) is 14.8. The fourth-order valence-electron chi connectivity index (χ4n) is 2.44. The Morgan fingerprint density at radius 2 is 1.86 bits per heavy atom. The Morgan fingerprint density at radius 3 is 2.57 bits per heavy atom. The van der Waals surface area contributed by atoms with E-state index in [-0.39, 0.29) is 5.78 Å². The smallest absolute Gasteiger partial charge is 0.182 e. The van der Waals surface area contributed by atoms with Gasteiger partial charge in [0.2, 0.25) is 0 Å². The van der Waals surface area contributed by atoms with E-state index in [0.29, 0.717) is 17.1 Å². The molecular weight excluding hydrogens is 284 g/mol. The molecule has 0 atom stereocenters. The van der Waals surface area contributed by atoms with Crippen LogP contribution in [0.3, 0.4) is 0 Å². The zero-order valence-corrected chi connectivity index (χ0v) is 12.5. The predicted molar refractivity (Wildman–Crippen MR) is 84.9 cm³/mol. The average molecular weight is 299 g/mol. The molecule has 3 nitrogen and oxygen atoms in total. The molecule has 0 aliphatic heterocycles. The first kappa shape index (κ1) is 13.8. The van der Waals surface area contributed by atoms with Crippen LogP contribution >= 0.6 is 11.6 Å². The summed E-state index contributed by atoms with van der Waals surface area (Å²) >= 11 is 5.86. The van der Waals surface area contributed by atoms with Crippen molar-refractivity contribution in [3.05, 3.63) is 64.9 Å². The van der Waals surface area contributed by atoms with Crippen LogP contribution < -0.4 is 0 Å². The van der Waals surface area contributed by atoms with Gasteiger partial charge in [-0.05, 0) is 36.4 Å². The number of benzene rings is 2. The second-order valence-electron chi connectivity index (χ2n) is 4.89. The van der Waals surface area contributed by atoms with Gasteiger partial charge in [0.05, 0.1) is 17.6 Å². The third-order valence-electron chi connectivity index (χ3n) is 3.52. The van der Waals surface area contributed by atoms with E-state index in [2.05, 4.69) is 4.98 Å². The first-order valence-electron chi connectivity index (χ1n) is 6.92. The number of ketones is 1. The Morgan fingerprint density at radius 1 is 1.14 bits per heavy atom. The Bertz CT molecular complexity index is 790. The first-order valence-corrected chi connectivity index (χ1v) is 7.29. The molecule has 4 heteroatoms. The van der Waals surface area contributed by atoms with Gasteiger partial charge < -0.3 is 4.57 Å². The molecule has 0 saturated carbocycles. The van der Waals surface area contributed by atoms with Crippen molar-refractivity contribution in [3.8, 4) is 0 Å². The van der Waals surface area contributed by atoms with E-state index >= 15 is 0 Å². The van der Waals surface area contributed by atoms with Gasteiger partial charge in [0, 0.05) is 17.0 Å². The maximum absolute atomic E-state index is 12.4. The van der Waals surface area contributed by atoms with E-state index < -0.39 is 0 Å². The van der Waals surface area contributed by atoms with Gasteiger partial charge in [-0.15, -0.1) is 0 Å². The van der Waals surface area contributed by atoms with Crippen molar-refractivity contribution in [2.45, 2.75) is 19.9 Å². The van der Waals surface area contributed by atoms with Crippen molar-refractivity contribution in [2.75, 3.05) is 0 Å². The minimum atomic E-state index is 0.0597. The van der Waals surface area contributed by atoms with E-state index in [9.17, 15) is 4.79 Å². The van der Waals surface area contributed by atoms with E-state index in [0.717, 1.165) is 23.3 Å². The molecule has 0 aliphatic carbocycles. The number of aryl methyl sites for hydroxylation is 1. The number of Topliss-reactive ketones (excluding diaryl/α,β-unsaturated/α-hetero) is 1. The molecule has 0 spiro atoms. The van der Waals surface area contributed by atoms with Crippen LogP contribution in [0.15, 0.2) is 48.5 Å². The lowest BCUT2D eigenvalue weighted by atomic mass is 10.1. The van der Waals surface area contributed by atoms with E-state index in [1.165, 1.54) is 0 Å². The predicted octanol–water partition coefficient (Wildman–Crippen LogP) is 4.14. The summed E-state index contributed by atoms with van der Waals surface area (Å²) in [5.41, 5.74) is 2.59. The largest absolute Gasteiger partial charge is 0.320 e. The molecule has 0 fully saturated rings. The molecular formula is C17H15ClN2O. The maximum atomic E-state index is 12.4. The molecule has 0 bridgehead atoms. The quantitative estimate of drug-likeness (QED) is 0.679. The SMILES string of the molecule is CCc1nc2ccccc2n1CC(=O)c1ccc(Cl)cc1. The number of halogens is 1. The molecule has 3 aromatic rings. The van der Waals surface area contributed by atoms with Crippen LogP contribution in [0.2, 0.25) is 5.02 Å². The minimum Gasteiger partial charge on any atom is -0.320 e. The van der Waals surface area contributed by atoms with Gasteiger partial charge in [0.1, 0.15) is 5.82 Å². The lowest BCUT2D eigenvalue weighted by molar-refractivity contribution is 0.0972. The molecule has 2 aromatic carbocycles. The van der Waals surface area contributed by atoms with Gasteiger partial charge in [-0.1, -0.05) is 30.7 Å². The number of aromatic nitrogens is 2. The number of hydrogen-bond acceptors (Lipinski definition) is 2. The van der Waals surface area contributed by atoms with E-state index in [1.807, 2.05) is 35.8 Å². The summed E-state index contributed by atoms with van der Waals surface area (Å²) in [5.74, 6) is 0.989. The van der Waals surface area contributed by atoms with Gasteiger partial charge in [-0.3, -0.25) is 4.79 Å². The Balaban J connectivity index is 1.97. The van der Waals surface area contributed by atoms with Gasteiger partial charge in [0.15, 0.2) is 5.78 Å². The molecule has 0 radical (unpaired) electrons. The van der Waals surface area contributed by atoms with Gasteiger partial charge in [0.25, 0.3) is 0 Å². The zero-order valence-electron chi connectivity index (χ0n) is 11.7. The molecule has 1 heterocycles. The second kappa shape index (κ2) is 5.70. The fourth-order valence-corrected chi connectivity index (χ4v) is 2.57. The number of carbonyl (C=O) groups is 1. The lowest BCUT2D eigenvalue weighted by Crippen LogP contribution is -2.12. The third kappa shape index (κ3) is 2.69. The molecule has 0 saturated heterocycles. The topological polar surface area (TPSA) is 34.9 Å². The molecule has 1 aromatic heterocycles. The van der Waals surface area contributed by atoms with Crippen LogP contribution in [0.5, 0.6) is 0 Å². The summed E-state index contributed by atoms with van der Waals surface area (Å²) < 4.78 is 1.99. The van der Waals surface area contributed by atoms with Crippen molar-refractivity contribution in [3.63, 3.8) is 0 Å². The van der Waals surface area contributed by atoms with Gasteiger partial charge in [-0.2, -0.15) is 0 Å². The van der Waals surface area contributed by atoms with Crippen molar-refractivity contribution >= 4 is 28.4 Å². The van der Waals surface area contributed by atoms with E-state index in [1.54, 1.807) is 24.3 Å². The highest BCUT2D eigenvalue weighted by Crippen LogP contribution is 2.18. The van der Waals surface area contributed by atoms with Crippen molar-refractivity contribution in [1.82, 2.24) is 9.55 Å². The number of fused-ring (bicyclic) bond motifs is 1. The average Bonchev–Trinajstić information content (AvgIpc) is 2.86. The Labute approximate surface area is 128 Å². The standard InChI is InChI=1S/C17H15ClN2O/c1-2-17-19-14-5-3-4-6-15(14)20(17)11-16(21)12-7-9-13(18)10-8-12/h3-10H,2,11H2,1H3. The Hall–Kier alpha value is -2.13. The Kier molecular flexibility index (Phi) is 3.76. The number of nitrogens with zero attached hydrogens (tertiary/aromatic N) is 2. The van der Waals surface area contributed by atoms with Crippen molar-refractivity contribution < 1.29 is 4.79 Å². The van der Waals surface area contributed by atoms with Crippen LogP contribution in [-0.4, -0.2) is 15.3 Å². The van der Waals surface area contributed by atoms with Crippen LogP contribution in [0.4, 0.5) is 0 Å². The van der Waals surface area contributed by atoms with E-state index in [4.69, 9.17) is 11.6 Å². The lowest BCUT2D eigenvalue weighted by Gasteiger charge is -2.07. The molecule has 0 unspecified atom stereocenters. The molecule has 0 amide bonds. The molecule has 0 N–H and O–H groups in total. The monoisotopic (exact) mass is 298 g/mol. The number of para-hydroxylation sites is 2. The molecule has 3 rings (SSSR count). The second-order valence-corrected chi connectivity index (χ2v) is 5.32. The molecule has 21 heavy (non-hydrogen) atoms. The third-order valence-corrected chi connectivity index (χ3v) is 3.77. The summed E-state index contributed by atoms with van der Waals surface area (Å²) in [6.45, 7) is 2.34. The molecule has 0 aliphatic rings. The maximum Gasteiger partial charge on any atom is 0.182 e. The van der Waals surface area contributed by atoms with Gasteiger partial charge >= 0.3 is 0 Å². The van der Waals surface area contributed by atoms with Crippen LogP contribution in [0.1, 0.15) is 23.1 Å². The van der Waals surface area contributed by atoms with Crippen molar-refractivity contribution in [2.24, 2.45) is 0 Å². The summed E-state index contributed by atoms with van der Waals surface area (Å²) in [6.07, 6.45) is 0.794. The highest BCUT2D eigenvalue weighted by molar-refractivity contribution is 6.30. The highest BCUT2D eigenvalue weighted by atomic mass is 35.5. The molecule has 106 valence electrons. The summed E-state index contributed by atoms with van der Waals surface area (Å²) in [7, 11) is 0. The minimum absolute atomic E-state index is 0.0597. The normalized spacial score (nSPS) is 11.0. The van der Waals surface area contributed by atoms with Crippen LogP contribution in [0.25, 0.3) is 11.0 Å². The van der Waals surface area contributed by atoms with Gasteiger partial charge in [-0.25, -0.2) is 4.98 Å². The number of rotatable bonds is 4. The summed E-state index contributed by atoms with van der Waals surface area (Å²) in [5, 5.41) is 0.633. The van der Waals surface area contributed by atoms with Crippen molar-refractivity contribution in [1.29, 1.82) is 0 Å². The highest BCUT2D eigenvalue weighted by Gasteiger charge is 2.13. The number of hydrogen-bond donors (Lipinski definition) is 0. The number of imidazole rings is 1. The van der Waals surface area contributed by atoms with Crippen LogP contribution in [-0.2, 0) is 13.0 Å². The fraction of sp³-hybridized carbons (Fsp3) is 0.176. The summed E-state index contributed by atoms with van der Waals surface area (Å²) in [6, 6.07) is 14.9. The van der Waals surface area contributed by atoms with Crippen LogP contribution in [0, 0.1) is 0 Å². The number of carbonyl (C=O) groups excluding carboxylic acids is 1. The first-order chi connectivity index (χ1) is 10.2. The summed E-state index contributed by atoms with van der Waals surface area (Å²) in [4.78, 5) is 17.0.